The van der Waals surface area contributed by atoms with Crippen LogP contribution in [0, 0.1) is 0 Å². The Hall–Kier alpha value is -1.93. The number of amides is 1. The van der Waals surface area contributed by atoms with Crippen molar-refractivity contribution in [3.8, 4) is 0 Å². The average Bonchev–Trinajstić information content (AvgIpc) is 2.54. The molecule has 0 aliphatic heterocycles. The number of hydrogen-bond acceptors (Lipinski definition) is 4. The summed E-state index contributed by atoms with van der Waals surface area (Å²) in [5.41, 5.74) is -1.29. The maximum absolute atomic E-state index is 12.6. The molecule has 0 saturated heterocycles. The summed E-state index contributed by atoms with van der Waals surface area (Å²) in [7, 11) is -2.31. The van der Waals surface area contributed by atoms with Crippen molar-refractivity contribution in [1.29, 1.82) is 0 Å². The van der Waals surface area contributed by atoms with E-state index in [0.717, 1.165) is 4.90 Å². The van der Waals surface area contributed by atoms with Crippen molar-refractivity contribution in [3.63, 3.8) is 0 Å². The van der Waals surface area contributed by atoms with E-state index in [-0.39, 0.29) is 10.5 Å². The molecule has 0 bridgehead atoms. The van der Waals surface area contributed by atoms with Gasteiger partial charge in [-0.25, -0.2) is 13.2 Å². The molecule has 1 aromatic rings. The second kappa shape index (κ2) is 7.31. The summed E-state index contributed by atoms with van der Waals surface area (Å²) in [5, 5.41) is 9.23. The molecule has 7 nitrogen and oxygen atoms in total. The van der Waals surface area contributed by atoms with Crippen LogP contribution in [0.5, 0.6) is 0 Å². The molecular formula is C16H24N2O5S. The van der Waals surface area contributed by atoms with Crippen molar-refractivity contribution in [2.24, 2.45) is 0 Å². The number of aliphatic carboxylic acids is 1. The maximum atomic E-state index is 12.6. The largest absolute Gasteiger partial charge is 0.480 e. The Morgan fingerprint density at radius 2 is 1.71 bits per heavy atom. The number of hydrogen-bond donors (Lipinski definition) is 1. The Kier molecular flexibility index (Phi) is 6.13. The molecule has 1 N–H and O–H groups in total. The van der Waals surface area contributed by atoms with Gasteiger partial charge in [0.25, 0.3) is 5.91 Å². The fourth-order valence-electron chi connectivity index (χ4n) is 2.09. The van der Waals surface area contributed by atoms with Gasteiger partial charge in [0.15, 0.2) is 0 Å². The lowest BCUT2D eigenvalue weighted by molar-refractivity contribution is -0.147. The maximum Gasteiger partial charge on any atom is 0.329 e. The van der Waals surface area contributed by atoms with Crippen LogP contribution in [0.1, 0.15) is 38.1 Å². The zero-order chi connectivity index (χ0) is 18.7. The summed E-state index contributed by atoms with van der Waals surface area (Å²) < 4.78 is 26.4. The number of likely N-dealkylation sites (N-methyl/N-ethyl adjacent to an activating group) is 1. The summed E-state index contributed by atoms with van der Waals surface area (Å²) in [4.78, 5) is 24.9. The van der Waals surface area contributed by atoms with Gasteiger partial charge in [-0.2, -0.15) is 4.31 Å². The third-order valence-electron chi connectivity index (χ3n) is 4.09. The molecule has 1 aromatic carbocycles. The summed E-state index contributed by atoms with van der Waals surface area (Å²) in [6.07, 6.45) is 0. The van der Waals surface area contributed by atoms with E-state index in [1.165, 1.54) is 49.5 Å². The molecule has 1 rings (SSSR count). The highest BCUT2D eigenvalue weighted by molar-refractivity contribution is 7.89. The van der Waals surface area contributed by atoms with Gasteiger partial charge >= 0.3 is 5.97 Å². The Labute approximate surface area is 142 Å². The van der Waals surface area contributed by atoms with Crippen LogP contribution < -0.4 is 0 Å². The van der Waals surface area contributed by atoms with Gasteiger partial charge < -0.3 is 10.0 Å². The summed E-state index contributed by atoms with van der Waals surface area (Å²) in [6, 6.07) is 5.65. The zero-order valence-corrected chi connectivity index (χ0v) is 15.4. The minimum Gasteiger partial charge on any atom is -0.480 e. The van der Waals surface area contributed by atoms with Crippen molar-refractivity contribution in [3.05, 3.63) is 29.8 Å². The number of nitrogens with zero attached hydrogens (tertiary/aromatic N) is 2. The second-order valence-electron chi connectivity index (χ2n) is 5.85. The first-order valence-electron chi connectivity index (χ1n) is 7.61. The molecule has 24 heavy (non-hydrogen) atoms. The lowest BCUT2D eigenvalue weighted by Gasteiger charge is -2.31. The van der Waals surface area contributed by atoms with E-state index in [0.29, 0.717) is 13.1 Å². The van der Waals surface area contributed by atoms with Gasteiger partial charge in [0.05, 0.1) is 4.90 Å². The van der Waals surface area contributed by atoms with Gasteiger partial charge in [0.1, 0.15) is 5.54 Å². The minimum absolute atomic E-state index is 0.0126. The number of sulfonamides is 1. The van der Waals surface area contributed by atoms with Gasteiger partial charge in [-0.15, -0.1) is 0 Å². The first kappa shape index (κ1) is 20.1. The summed E-state index contributed by atoms with van der Waals surface area (Å²) >= 11 is 0. The summed E-state index contributed by atoms with van der Waals surface area (Å²) in [5.74, 6) is -1.70. The molecule has 0 aromatic heterocycles. The van der Waals surface area contributed by atoms with Crippen LogP contribution in [0.25, 0.3) is 0 Å². The quantitative estimate of drug-likeness (QED) is 0.801. The third-order valence-corrected chi connectivity index (χ3v) is 6.14. The summed E-state index contributed by atoms with van der Waals surface area (Å²) in [6.45, 7) is 6.93. The fraction of sp³-hybridized carbons (Fsp3) is 0.500. The SMILES string of the molecule is CCN(CC)S(=O)(=O)c1cccc(C(=O)N(C)C(C)(C)C(=O)O)c1. The normalized spacial score (nSPS) is 12.2. The molecule has 1 amide bonds. The first-order valence-corrected chi connectivity index (χ1v) is 9.05. The number of carbonyl (C=O) groups is 2. The molecule has 0 aliphatic rings. The number of benzene rings is 1. The van der Waals surface area contributed by atoms with Crippen molar-refractivity contribution in [2.45, 2.75) is 38.1 Å². The van der Waals surface area contributed by atoms with Crippen molar-refractivity contribution >= 4 is 21.9 Å². The van der Waals surface area contributed by atoms with Crippen molar-refractivity contribution < 1.29 is 23.1 Å². The van der Waals surface area contributed by atoms with E-state index in [1.807, 2.05) is 0 Å². The van der Waals surface area contributed by atoms with E-state index in [9.17, 15) is 23.1 Å². The molecule has 0 heterocycles. The topological polar surface area (TPSA) is 95.0 Å². The van der Waals surface area contributed by atoms with E-state index < -0.39 is 27.4 Å². The van der Waals surface area contributed by atoms with Crippen LogP contribution in [0.2, 0.25) is 0 Å². The van der Waals surface area contributed by atoms with Crippen molar-refractivity contribution in [2.75, 3.05) is 20.1 Å². The smallest absolute Gasteiger partial charge is 0.329 e. The van der Waals surface area contributed by atoms with E-state index in [2.05, 4.69) is 0 Å². The van der Waals surface area contributed by atoms with Gasteiger partial charge in [-0.1, -0.05) is 19.9 Å². The molecule has 0 saturated carbocycles. The highest BCUT2D eigenvalue weighted by atomic mass is 32.2. The Morgan fingerprint density at radius 3 is 2.17 bits per heavy atom. The predicted octanol–water partition coefficient (Wildman–Crippen LogP) is 1.65. The van der Waals surface area contributed by atoms with E-state index in [1.54, 1.807) is 13.8 Å². The molecule has 134 valence electrons. The standard InChI is InChI=1S/C16H24N2O5S/c1-6-18(7-2)24(22,23)13-10-8-9-12(11-13)14(19)17(5)16(3,4)15(20)21/h8-11H,6-7H2,1-5H3,(H,20,21). The molecule has 0 radical (unpaired) electrons. The monoisotopic (exact) mass is 356 g/mol. The van der Waals surface area contributed by atoms with Gasteiger partial charge in [0, 0.05) is 25.7 Å². The zero-order valence-electron chi connectivity index (χ0n) is 14.6. The fourth-order valence-corrected chi connectivity index (χ4v) is 3.60. The van der Waals surface area contributed by atoms with Crippen molar-refractivity contribution in [1.82, 2.24) is 9.21 Å². The molecule has 0 fully saturated rings. The van der Waals surface area contributed by atoms with Crippen LogP contribution in [0.3, 0.4) is 0 Å². The number of carbonyl (C=O) groups excluding carboxylic acids is 1. The lowest BCUT2D eigenvalue weighted by atomic mass is 10.0. The highest BCUT2D eigenvalue weighted by Gasteiger charge is 2.36. The molecule has 0 aliphatic carbocycles. The predicted molar refractivity (Wildman–Crippen MR) is 90.4 cm³/mol. The van der Waals surface area contributed by atoms with Crippen LogP contribution in [0.4, 0.5) is 0 Å². The van der Waals surface area contributed by atoms with Gasteiger partial charge in [-0.05, 0) is 32.0 Å². The average molecular weight is 356 g/mol. The Balaban J connectivity index is 3.27. The molecule has 0 unspecified atom stereocenters. The van der Waals surface area contributed by atoms with Crippen LogP contribution in [0.15, 0.2) is 29.2 Å². The lowest BCUT2D eigenvalue weighted by Crippen LogP contribution is -2.50. The third kappa shape index (κ3) is 3.76. The minimum atomic E-state index is -3.69. The number of carboxylic acid groups (broad SMARTS) is 1. The number of rotatable bonds is 7. The van der Waals surface area contributed by atoms with E-state index >= 15 is 0 Å². The Bertz CT molecular complexity index is 724. The van der Waals surface area contributed by atoms with Crippen LogP contribution >= 0.6 is 0 Å². The second-order valence-corrected chi connectivity index (χ2v) is 7.78. The Morgan fingerprint density at radius 1 is 1.17 bits per heavy atom. The molecule has 0 spiro atoms. The van der Waals surface area contributed by atoms with Gasteiger partial charge in [-0.3, -0.25) is 4.79 Å². The molecule has 0 atom stereocenters. The van der Waals surface area contributed by atoms with Gasteiger partial charge in [0.2, 0.25) is 10.0 Å². The molecule has 8 heteroatoms. The highest BCUT2D eigenvalue weighted by Crippen LogP contribution is 2.20. The van der Waals surface area contributed by atoms with Crippen LogP contribution in [-0.4, -0.2) is 60.3 Å². The van der Waals surface area contributed by atoms with Crippen LogP contribution in [-0.2, 0) is 14.8 Å². The number of carboxylic acids is 1. The molecular weight excluding hydrogens is 332 g/mol. The van der Waals surface area contributed by atoms with E-state index in [4.69, 9.17) is 0 Å². The first-order chi connectivity index (χ1) is 11.0.